The molecule has 3 heterocycles. The number of hydrogen-bond donors (Lipinski definition) is 0. The molecule has 0 saturated heterocycles. The summed E-state index contributed by atoms with van der Waals surface area (Å²) in [6.45, 7) is 2.16. The molecule has 0 amide bonds. The van der Waals surface area contributed by atoms with Crippen LogP contribution in [-0.4, -0.2) is 9.13 Å². The van der Waals surface area contributed by atoms with Gasteiger partial charge in [0.1, 0.15) is 0 Å². The van der Waals surface area contributed by atoms with Crippen molar-refractivity contribution in [3.8, 4) is 18.0 Å². The first-order chi connectivity index (χ1) is 22.7. The van der Waals surface area contributed by atoms with Crippen molar-refractivity contribution in [2.24, 2.45) is 0 Å². The molecule has 6 aromatic carbocycles. The van der Waals surface area contributed by atoms with Crippen LogP contribution in [0.5, 0.6) is 0 Å². The summed E-state index contributed by atoms with van der Waals surface area (Å²) in [6, 6.07) is 48.1. The zero-order valence-corrected chi connectivity index (χ0v) is 26.1. The lowest BCUT2D eigenvalue weighted by Gasteiger charge is -2.10. The van der Waals surface area contributed by atoms with Gasteiger partial charge in [-0.05, 0) is 78.7 Å². The number of thiophene rings is 1. The molecular weight excluding hydrogens is 577 g/mol. The molecule has 0 unspecified atom stereocenters. The molecule has 0 radical (unpaired) electrons. The average Bonchev–Trinajstić information content (AvgIpc) is 3.75. The van der Waals surface area contributed by atoms with Gasteiger partial charge < -0.3 is 9.13 Å². The van der Waals surface area contributed by atoms with Crippen molar-refractivity contribution in [2.75, 3.05) is 0 Å². The lowest BCUT2D eigenvalue weighted by molar-refractivity contribution is 1.19. The van der Waals surface area contributed by atoms with Gasteiger partial charge in [-0.2, -0.15) is 0 Å². The lowest BCUT2D eigenvalue weighted by atomic mass is 10.0. The number of hydrogen-bond acceptors (Lipinski definition) is 1. The Morgan fingerprint density at radius 3 is 1.76 bits per heavy atom. The van der Waals surface area contributed by atoms with Crippen LogP contribution in [0.4, 0.5) is 0 Å². The number of rotatable bonds is 4. The van der Waals surface area contributed by atoms with Crippen LogP contribution in [0.1, 0.15) is 12.5 Å². The number of para-hydroxylation sites is 4. The number of fused-ring (bicyclic) bond motifs is 9. The zero-order chi connectivity index (χ0) is 30.8. The van der Waals surface area contributed by atoms with Crippen molar-refractivity contribution in [2.45, 2.75) is 6.92 Å². The van der Waals surface area contributed by atoms with Crippen LogP contribution in [0.15, 0.2) is 146 Å². The third-order valence-corrected chi connectivity index (χ3v) is 10.3. The standard InChI is InChI=1S/C43H28N2S/c1-3-12-29(25-28(2)44-38-17-8-4-13-32(38)33-14-5-9-18-39(33)44)30-21-24-42-37(26-30)36-23-22-31(27-43(36)46-42)45-40-19-10-6-15-34(40)35-16-7-11-20-41(35)45/h1,4-27H,2H3/b28-25+,29-12+. The van der Waals surface area contributed by atoms with Crippen molar-refractivity contribution in [1.29, 1.82) is 0 Å². The second-order valence-corrected chi connectivity index (χ2v) is 12.9. The molecular formula is C43H28N2S. The Morgan fingerprint density at radius 1 is 0.587 bits per heavy atom. The molecule has 0 atom stereocenters. The van der Waals surface area contributed by atoms with Crippen molar-refractivity contribution in [1.82, 2.24) is 9.13 Å². The van der Waals surface area contributed by atoms with E-state index in [9.17, 15) is 0 Å². The molecule has 0 aliphatic carbocycles. The fraction of sp³-hybridized carbons (Fsp3) is 0.0233. The minimum atomic E-state index is 1.02. The van der Waals surface area contributed by atoms with Gasteiger partial charge in [-0.1, -0.05) is 90.8 Å². The normalized spacial score (nSPS) is 12.7. The molecule has 0 spiro atoms. The summed E-state index contributed by atoms with van der Waals surface area (Å²) in [5.41, 5.74) is 9.24. The molecule has 0 aliphatic heterocycles. The van der Waals surface area contributed by atoms with E-state index in [0.717, 1.165) is 16.8 Å². The molecule has 3 aromatic heterocycles. The third-order valence-electron chi connectivity index (χ3n) is 9.16. The van der Waals surface area contributed by atoms with E-state index in [1.807, 2.05) is 17.4 Å². The quantitative estimate of drug-likeness (QED) is 0.140. The van der Waals surface area contributed by atoms with Crippen molar-refractivity contribution < 1.29 is 0 Å². The van der Waals surface area contributed by atoms with Gasteiger partial charge in [-0.25, -0.2) is 0 Å². The van der Waals surface area contributed by atoms with E-state index in [1.165, 1.54) is 69.5 Å². The van der Waals surface area contributed by atoms with Gasteiger partial charge in [0.2, 0.25) is 0 Å². The maximum atomic E-state index is 5.90. The highest BCUT2D eigenvalue weighted by molar-refractivity contribution is 7.25. The van der Waals surface area contributed by atoms with Crippen LogP contribution in [0.2, 0.25) is 0 Å². The Bertz CT molecular complexity index is 2670. The monoisotopic (exact) mass is 604 g/mol. The SMILES string of the molecule is C#C/C=C(\C=C(/C)n1c2ccccc2c2ccccc21)c1ccc2sc3cc(-n4c5ccccc5c5ccccc54)ccc3c2c1. The van der Waals surface area contributed by atoms with E-state index in [2.05, 4.69) is 162 Å². The number of nitrogens with zero attached hydrogens (tertiary/aromatic N) is 2. The van der Waals surface area contributed by atoms with E-state index < -0.39 is 0 Å². The first kappa shape index (κ1) is 26.6. The van der Waals surface area contributed by atoms with Gasteiger partial charge in [0, 0.05) is 53.1 Å². The molecule has 3 heteroatoms. The fourth-order valence-corrected chi connectivity index (χ4v) is 8.29. The Morgan fingerprint density at radius 2 is 1.15 bits per heavy atom. The number of benzene rings is 6. The fourth-order valence-electron chi connectivity index (χ4n) is 7.18. The van der Waals surface area contributed by atoms with Gasteiger partial charge >= 0.3 is 0 Å². The van der Waals surface area contributed by atoms with Crippen molar-refractivity contribution in [3.63, 3.8) is 0 Å². The number of terminal acetylenes is 1. The number of aromatic nitrogens is 2. The Hall–Kier alpha value is -5.82. The number of allylic oxidation sites excluding steroid dienone is 4. The summed E-state index contributed by atoms with van der Waals surface area (Å²) in [5, 5.41) is 7.55. The second kappa shape index (κ2) is 10.4. The predicted octanol–water partition coefficient (Wildman–Crippen LogP) is 11.8. The van der Waals surface area contributed by atoms with E-state index in [4.69, 9.17) is 6.42 Å². The highest BCUT2D eigenvalue weighted by Gasteiger charge is 2.15. The molecule has 0 saturated carbocycles. The maximum absolute atomic E-state index is 5.90. The Labute approximate surface area is 270 Å². The van der Waals surface area contributed by atoms with Gasteiger partial charge in [-0.15, -0.1) is 17.8 Å². The maximum Gasteiger partial charge on any atom is 0.0541 e. The predicted molar refractivity (Wildman–Crippen MR) is 200 cm³/mol. The Kier molecular flexibility index (Phi) is 6.00. The topological polar surface area (TPSA) is 9.86 Å². The Balaban J connectivity index is 1.17. The molecule has 0 fully saturated rings. The third kappa shape index (κ3) is 3.98. The summed E-state index contributed by atoms with van der Waals surface area (Å²) < 4.78 is 7.26. The molecule has 0 aliphatic rings. The first-order valence-electron chi connectivity index (χ1n) is 15.5. The van der Waals surface area contributed by atoms with E-state index in [1.54, 1.807) is 0 Å². The molecule has 9 aromatic rings. The van der Waals surface area contributed by atoms with Gasteiger partial charge in [-0.3, -0.25) is 0 Å². The van der Waals surface area contributed by atoms with Crippen molar-refractivity contribution in [3.05, 3.63) is 151 Å². The molecule has 0 N–H and O–H groups in total. The van der Waals surface area contributed by atoms with Crippen LogP contribution in [0.3, 0.4) is 0 Å². The molecule has 0 bridgehead atoms. The molecule has 9 rings (SSSR count). The van der Waals surface area contributed by atoms with E-state index in [-0.39, 0.29) is 0 Å². The molecule has 216 valence electrons. The van der Waals surface area contributed by atoms with Gasteiger partial charge in [0.15, 0.2) is 0 Å². The lowest BCUT2D eigenvalue weighted by Crippen LogP contribution is -1.94. The largest absolute Gasteiger partial charge is 0.313 e. The van der Waals surface area contributed by atoms with Crippen LogP contribution in [0, 0.1) is 12.3 Å². The van der Waals surface area contributed by atoms with Gasteiger partial charge in [0.25, 0.3) is 0 Å². The van der Waals surface area contributed by atoms with Gasteiger partial charge in [0.05, 0.1) is 22.1 Å². The zero-order valence-electron chi connectivity index (χ0n) is 25.2. The van der Waals surface area contributed by atoms with Crippen LogP contribution >= 0.6 is 11.3 Å². The minimum Gasteiger partial charge on any atom is -0.313 e. The summed E-state index contributed by atoms with van der Waals surface area (Å²) >= 11 is 1.84. The smallest absolute Gasteiger partial charge is 0.0541 e. The second-order valence-electron chi connectivity index (χ2n) is 11.8. The van der Waals surface area contributed by atoms with Crippen LogP contribution < -0.4 is 0 Å². The van der Waals surface area contributed by atoms with E-state index in [0.29, 0.717) is 0 Å². The molecule has 2 nitrogen and oxygen atoms in total. The van der Waals surface area contributed by atoms with Crippen LogP contribution in [0.25, 0.3) is 80.7 Å². The minimum absolute atomic E-state index is 1.02. The highest BCUT2D eigenvalue weighted by atomic mass is 32.1. The first-order valence-corrected chi connectivity index (χ1v) is 16.3. The average molecular weight is 605 g/mol. The summed E-state index contributed by atoms with van der Waals surface area (Å²) in [6.07, 6.45) is 10.0. The van der Waals surface area contributed by atoms with E-state index >= 15 is 0 Å². The van der Waals surface area contributed by atoms with Crippen molar-refractivity contribution >= 4 is 86.4 Å². The summed E-state index contributed by atoms with van der Waals surface area (Å²) in [4.78, 5) is 0. The molecule has 46 heavy (non-hydrogen) atoms. The highest BCUT2D eigenvalue weighted by Crippen LogP contribution is 2.39. The summed E-state index contributed by atoms with van der Waals surface area (Å²) in [7, 11) is 0. The summed E-state index contributed by atoms with van der Waals surface area (Å²) in [5.74, 6) is 2.81. The van der Waals surface area contributed by atoms with Crippen LogP contribution in [-0.2, 0) is 0 Å².